The molecule has 4 aromatic rings. The van der Waals surface area contributed by atoms with Crippen LogP contribution in [0.3, 0.4) is 0 Å². The van der Waals surface area contributed by atoms with Crippen molar-refractivity contribution < 1.29 is 4.79 Å². The van der Waals surface area contributed by atoms with E-state index in [1.165, 1.54) is 9.47 Å². The van der Waals surface area contributed by atoms with Crippen molar-refractivity contribution in [1.29, 1.82) is 0 Å². The summed E-state index contributed by atoms with van der Waals surface area (Å²) in [5.41, 5.74) is 7.95. The SMILES string of the molecule is CCN(C(=O)c1cc(C)nc2c1c(C)nn2C)c1c(N)n(Cc2ccccc2)c(=O)[nH]c1=O. The number of anilines is 2. The van der Waals surface area contributed by atoms with Gasteiger partial charge in [-0.1, -0.05) is 30.3 Å². The Morgan fingerprint density at radius 1 is 1.18 bits per heavy atom. The number of aromatic amines is 1. The van der Waals surface area contributed by atoms with Crippen LogP contribution >= 0.6 is 0 Å². The second-order valence-corrected chi connectivity index (χ2v) is 7.83. The summed E-state index contributed by atoms with van der Waals surface area (Å²) in [6, 6.07) is 10.9. The lowest BCUT2D eigenvalue weighted by atomic mass is 10.1. The first-order valence-corrected chi connectivity index (χ1v) is 10.5. The molecule has 10 heteroatoms. The predicted molar refractivity (Wildman–Crippen MR) is 127 cm³/mol. The first-order valence-electron chi connectivity index (χ1n) is 10.5. The van der Waals surface area contributed by atoms with Crippen LogP contribution in [0.25, 0.3) is 11.0 Å². The van der Waals surface area contributed by atoms with Crippen molar-refractivity contribution in [2.75, 3.05) is 17.2 Å². The predicted octanol–water partition coefficient (Wildman–Crippen LogP) is 1.73. The quantitative estimate of drug-likeness (QED) is 0.479. The van der Waals surface area contributed by atoms with E-state index in [9.17, 15) is 14.4 Å². The average molecular weight is 447 g/mol. The Labute approximate surface area is 189 Å². The fraction of sp³-hybridized carbons (Fsp3) is 0.261. The standard InChI is InChI=1S/C23H25N7O3/c1-5-29(22(32)16-11-13(2)25-20-17(16)14(3)27-28(20)4)18-19(24)30(23(33)26-21(18)31)12-15-9-7-6-8-10-15/h6-11H,5,12,24H2,1-4H3,(H,26,31,33). The van der Waals surface area contributed by atoms with Crippen LogP contribution in [0.1, 0.15) is 34.2 Å². The molecule has 3 aromatic heterocycles. The lowest BCUT2D eigenvalue weighted by molar-refractivity contribution is 0.0989. The highest BCUT2D eigenvalue weighted by Gasteiger charge is 2.27. The normalized spacial score (nSPS) is 11.2. The van der Waals surface area contributed by atoms with Crippen LogP contribution in [0.2, 0.25) is 0 Å². The van der Waals surface area contributed by atoms with Gasteiger partial charge >= 0.3 is 5.69 Å². The van der Waals surface area contributed by atoms with E-state index >= 15 is 0 Å². The van der Waals surface area contributed by atoms with Crippen molar-refractivity contribution in [2.24, 2.45) is 7.05 Å². The zero-order chi connectivity index (χ0) is 23.9. The number of rotatable bonds is 5. The number of carbonyl (C=O) groups is 1. The Hall–Kier alpha value is -4.21. The first kappa shape index (κ1) is 22.0. The molecule has 0 aliphatic carbocycles. The van der Waals surface area contributed by atoms with Crippen LogP contribution in [-0.4, -0.2) is 36.8 Å². The van der Waals surface area contributed by atoms with Gasteiger partial charge in [0.2, 0.25) is 0 Å². The Bertz CT molecular complexity index is 1480. The Balaban J connectivity index is 1.87. The lowest BCUT2D eigenvalue weighted by Crippen LogP contribution is -2.41. The molecule has 0 fully saturated rings. The molecular weight excluding hydrogens is 422 g/mol. The highest BCUT2D eigenvalue weighted by molar-refractivity contribution is 6.14. The molecule has 33 heavy (non-hydrogen) atoms. The molecule has 1 amide bonds. The number of nitrogens with two attached hydrogens (primary N) is 1. The van der Waals surface area contributed by atoms with Gasteiger partial charge in [0.1, 0.15) is 5.82 Å². The molecule has 0 bridgehead atoms. The molecule has 0 saturated carbocycles. The van der Waals surface area contributed by atoms with Gasteiger partial charge in [-0.25, -0.2) is 9.78 Å². The second-order valence-electron chi connectivity index (χ2n) is 7.83. The smallest absolute Gasteiger partial charge is 0.330 e. The molecular formula is C23H25N7O3. The fourth-order valence-electron chi connectivity index (χ4n) is 4.05. The fourth-order valence-corrected chi connectivity index (χ4v) is 4.05. The Morgan fingerprint density at radius 2 is 1.88 bits per heavy atom. The largest absolute Gasteiger partial charge is 0.383 e. The van der Waals surface area contributed by atoms with Crippen molar-refractivity contribution in [2.45, 2.75) is 27.3 Å². The van der Waals surface area contributed by atoms with Gasteiger partial charge in [-0.05, 0) is 32.4 Å². The highest BCUT2D eigenvalue weighted by atomic mass is 16.2. The monoisotopic (exact) mass is 447 g/mol. The number of H-pyrrole nitrogens is 1. The van der Waals surface area contributed by atoms with E-state index in [4.69, 9.17) is 5.73 Å². The van der Waals surface area contributed by atoms with E-state index in [-0.39, 0.29) is 24.6 Å². The maximum Gasteiger partial charge on any atom is 0.330 e. The number of nitrogens with one attached hydrogen (secondary N) is 1. The number of nitrogens with zero attached hydrogens (tertiary/aromatic N) is 5. The van der Waals surface area contributed by atoms with Crippen LogP contribution in [-0.2, 0) is 13.6 Å². The second kappa shape index (κ2) is 8.38. The molecule has 0 aliphatic heterocycles. The van der Waals surface area contributed by atoms with Crippen LogP contribution in [0, 0.1) is 13.8 Å². The van der Waals surface area contributed by atoms with Gasteiger partial charge < -0.3 is 10.6 Å². The molecule has 0 unspecified atom stereocenters. The third kappa shape index (κ3) is 3.79. The van der Waals surface area contributed by atoms with Crippen LogP contribution in [0.4, 0.5) is 11.5 Å². The number of pyridine rings is 1. The molecule has 0 spiro atoms. The number of aromatic nitrogens is 5. The van der Waals surface area contributed by atoms with E-state index < -0.39 is 17.2 Å². The van der Waals surface area contributed by atoms with Crippen molar-refractivity contribution >= 4 is 28.4 Å². The molecule has 0 saturated heterocycles. The average Bonchev–Trinajstić information content (AvgIpc) is 3.07. The summed E-state index contributed by atoms with van der Waals surface area (Å²) in [6.45, 7) is 5.65. The number of hydrogen-bond acceptors (Lipinski definition) is 6. The topological polar surface area (TPSA) is 132 Å². The number of fused-ring (bicyclic) bond motifs is 1. The van der Waals surface area contributed by atoms with Crippen LogP contribution < -0.4 is 21.9 Å². The van der Waals surface area contributed by atoms with E-state index in [0.717, 1.165) is 5.56 Å². The minimum atomic E-state index is -0.720. The molecule has 0 radical (unpaired) electrons. The number of nitrogen functional groups attached to an aromatic ring is 1. The van der Waals surface area contributed by atoms with Crippen LogP contribution in [0.15, 0.2) is 46.0 Å². The third-order valence-electron chi connectivity index (χ3n) is 5.56. The van der Waals surface area contributed by atoms with Crippen molar-refractivity contribution in [3.05, 3.63) is 79.8 Å². The zero-order valence-electron chi connectivity index (χ0n) is 18.9. The van der Waals surface area contributed by atoms with Crippen molar-refractivity contribution in [3.63, 3.8) is 0 Å². The van der Waals surface area contributed by atoms with E-state index in [2.05, 4.69) is 15.1 Å². The van der Waals surface area contributed by atoms with Crippen molar-refractivity contribution in [3.8, 4) is 0 Å². The van der Waals surface area contributed by atoms with Crippen molar-refractivity contribution in [1.82, 2.24) is 24.3 Å². The lowest BCUT2D eigenvalue weighted by Gasteiger charge is -2.23. The minimum Gasteiger partial charge on any atom is -0.383 e. The van der Waals surface area contributed by atoms with Crippen LogP contribution in [0.5, 0.6) is 0 Å². The number of benzene rings is 1. The van der Waals surface area contributed by atoms with Gasteiger partial charge in [0.15, 0.2) is 11.3 Å². The maximum absolute atomic E-state index is 13.7. The van der Waals surface area contributed by atoms with Gasteiger partial charge in [0.25, 0.3) is 11.5 Å². The Kier molecular flexibility index (Phi) is 5.59. The zero-order valence-corrected chi connectivity index (χ0v) is 18.9. The highest BCUT2D eigenvalue weighted by Crippen LogP contribution is 2.26. The summed E-state index contributed by atoms with van der Waals surface area (Å²) < 4.78 is 2.87. The van der Waals surface area contributed by atoms with Gasteiger partial charge in [-0.3, -0.25) is 23.8 Å². The molecule has 4 rings (SSSR count). The van der Waals surface area contributed by atoms with Gasteiger partial charge in [-0.2, -0.15) is 5.10 Å². The number of hydrogen-bond donors (Lipinski definition) is 2. The molecule has 0 atom stereocenters. The van der Waals surface area contributed by atoms with E-state index in [1.54, 1.807) is 38.6 Å². The van der Waals surface area contributed by atoms with E-state index in [0.29, 0.717) is 28.0 Å². The molecule has 3 N–H and O–H groups in total. The summed E-state index contributed by atoms with van der Waals surface area (Å²) in [6.07, 6.45) is 0. The number of amides is 1. The summed E-state index contributed by atoms with van der Waals surface area (Å²) in [7, 11) is 1.76. The van der Waals surface area contributed by atoms with Gasteiger partial charge in [0.05, 0.1) is 23.2 Å². The van der Waals surface area contributed by atoms with Gasteiger partial charge in [0, 0.05) is 19.3 Å². The summed E-state index contributed by atoms with van der Waals surface area (Å²) in [5.74, 6) is -0.501. The summed E-state index contributed by atoms with van der Waals surface area (Å²) in [5, 5.41) is 5.00. The molecule has 10 nitrogen and oxygen atoms in total. The number of carbonyl (C=O) groups excluding carboxylic acids is 1. The summed E-state index contributed by atoms with van der Waals surface area (Å²) >= 11 is 0. The molecule has 170 valence electrons. The molecule has 0 aliphatic rings. The maximum atomic E-state index is 13.7. The van der Waals surface area contributed by atoms with E-state index in [1.807, 2.05) is 30.3 Å². The molecule has 3 heterocycles. The third-order valence-corrected chi connectivity index (χ3v) is 5.56. The first-order chi connectivity index (χ1) is 15.7. The molecule has 1 aromatic carbocycles. The minimum absolute atomic E-state index is 0.0674. The Morgan fingerprint density at radius 3 is 2.55 bits per heavy atom. The number of aryl methyl sites for hydroxylation is 3. The summed E-state index contributed by atoms with van der Waals surface area (Å²) in [4.78, 5) is 47.2. The van der Waals surface area contributed by atoms with Gasteiger partial charge in [-0.15, -0.1) is 0 Å².